The SMILES string of the molecule is COCCc1ncc(-c2cc(C(=O)O)c(C)c(C3CCC3)c2)[nH]1. The summed E-state index contributed by atoms with van der Waals surface area (Å²) in [4.78, 5) is 19.2. The number of H-pyrrole nitrogens is 1. The van der Waals surface area contributed by atoms with Crippen molar-refractivity contribution in [1.29, 1.82) is 0 Å². The van der Waals surface area contributed by atoms with E-state index in [4.69, 9.17) is 4.74 Å². The lowest BCUT2D eigenvalue weighted by Gasteiger charge is -2.28. The second-order valence-corrected chi connectivity index (χ2v) is 6.16. The van der Waals surface area contributed by atoms with Crippen LogP contribution in [-0.2, 0) is 11.2 Å². The Kier molecular flexibility index (Phi) is 4.48. The maximum absolute atomic E-state index is 11.6. The number of hydrogen-bond donors (Lipinski definition) is 2. The molecule has 5 nitrogen and oxygen atoms in total. The number of imidazole rings is 1. The number of nitrogens with zero attached hydrogens (tertiary/aromatic N) is 1. The van der Waals surface area contributed by atoms with E-state index in [0.717, 1.165) is 35.5 Å². The van der Waals surface area contributed by atoms with Crippen LogP contribution in [0.25, 0.3) is 11.3 Å². The third-order valence-corrected chi connectivity index (χ3v) is 4.71. The smallest absolute Gasteiger partial charge is 0.335 e. The molecule has 2 N–H and O–H groups in total. The van der Waals surface area contributed by atoms with Crippen LogP contribution in [0.2, 0.25) is 0 Å². The van der Waals surface area contributed by atoms with Gasteiger partial charge in [0.05, 0.1) is 24.1 Å². The molecule has 0 unspecified atom stereocenters. The lowest BCUT2D eigenvalue weighted by Crippen LogP contribution is -2.13. The van der Waals surface area contributed by atoms with Crippen molar-refractivity contribution in [3.8, 4) is 11.3 Å². The molecule has 1 fully saturated rings. The van der Waals surface area contributed by atoms with Gasteiger partial charge in [0.2, 0.25) is 0 Å². The van der Waals surface area contributed by atoms with E-state index in [2.05, 4.69) is 16.0 Å². The van der Waals surface area contributed by atoms with Crippen molar-refractivity contribution in [3.05, 3.63) is 40.8 Å². The number of ether oxygens (including phenoxy) is 1. The van der Waals surface area contributed by atoms with E-state index >= 15 is 0 Å². The molecule has 5 heteroatoms. The summed E-state index contributed by atoms with van der Waals surface area (Å²) in [5.41, 5.74) is 4.20. The van der Waals surface area contributed by atoms with Crippen molar-refractivity contribution in [2.24, 2.45) is 0 Å². The number of carboxylic acids is 1. The Morgan fingerprint density at radius 2 is 2.22 bits per heavy atom. The van der Waals surface area contributed by atoms with Crippen molar-refractivity contribution in [3.63, 3.8) is 0 Å². The molecule has 1 aromatic carbocycles. The molecular formula is C18H22N2O3. The highest BCUT2D eigenvalue weighted by atomic mass is 16.5. The van der Waals surface area contributed by atoms with Gasteiger partial charge in [-0.05, 0) is 48.9 Å². The van der Waals surface area contributed by atoms with Crippen LogP contribution >= 0.6 is 0 Å². The predicted molar refractivity (Wildman–Crippen MR) is 87.9 cm³/mol. The van der Waals surface area contributed by atoms with Gasteiger partial charge in [0.25, 0.3) is 0 Å². The number of methoxy groups -OCH3 is 1. The van der Waals surface area contributed by atoms with Crippen LogP contribution in [0.1, 0.15) is 52.5 Å². The van der Waals surface area contributed by atoms with Gasteiger partial charge >= 0.3 is 5.97 Å². The van der Waals surface area contributed by atoms with Crippen molar-refractivity contribution in [1.82, 2.24) is 9.97 Å². The van der Waals surface area contributed by atoms with Gasteiger partial charge in [-0.2, -0.15) is 0 Å². The summed E-state index contributed by atoms with van der Waals surface area (Å²) in [6.07, 6.45) is 5.99. The van der Waals surface area contributed by atoms with Gasteiger partial charge in [-0.3, -0.25) is 0 Å². The minimum atomic E-state index is -0.871. The molecule has 1 saturated carbocycles. The standard InChI is InChI=1S/C18H22N2O3/c1-11-14(12-4-3-5-12)8-13(9-15(11)18(21)22)16-10-19-17(20-16)6-7-23-2/h8-10,12H,3-7H2,1-2H3,(H,19,20)(H,21,22). The minimum Gasteiger partial charge on any atom is -0.478 e. The third kappa shape index (κ3) is 3.15. The van der Waals surface area contributed by atoms with Crippen molar-refractivity contribution >= 4 is 5.97 Å². The van der Waals surface area contributed by atoms with E-state index < -0.39 is 5.97 Å². The van der Waals surface area contributed by atoms with E-state index in [1.54, 1.807) is 19.4 Å². The summed E-state index contributed by atoms with van der Waals surface area (Å²) in [5.74, 6) is 0.470. The Balaban J connectivity index is 1.99. The topological polar surface area (TPSA) is 75.2 Å². The number of benzene rings is 1. The van der Waals surface area contributed by atoms with E-state index in [9.17, 15) is 9.90 Å². The molecule has 0 aliphatic heterocycles. The number of aromatic carboxylic acids is 1. The molecule has 1 aromatic heterocycles. The molecule has 3 rings (SSSR count). The molecule has 0 bridgehead atoms. The highest BCUT2D eigenvalue weighted by Crippen LogP contribution is 2.40. The van der Waals surface area contributed by atoms with Gasteiger partial charge in [-0.1, -0.05) is 6.42 Å². The van der Waals surface area contributed by atoms with Crippen LogP contribution in [0, 0.1) is 6.92 Å². The molecule has 1 heterocycles. The third-order valence-electron chi connectivity index (χ3n) is 4.71. The van der Waals surface area contributed by atoms with Crippen LogP contribution in [0.15, 0.2) is 18.3 Å². The second kappa shape index (κ2) is 6.54. The average molecular weight is 314 g/mol. The van der Waals surface area contributed by atoms with Crippen LogP contribution in [0.3, 0.4) is 0 Å². The number of aromatic amines is 1. The Morgan fingerprint density at radius 3 is 2.83 bits per heavy atom. The van der Waals surface area contributed by atoms with Gasteiger partial charge in [0, 0.05) is 19.1 Å². The average Bonchev–Trinajstić information content (AvgIpc) is 2.93. The first-order valence-electron chi connectivity index (χ1n) is 8.01. The lowest BCUT2D eigenvalue weighted by atomic mass is 9.77. The molecule has 1 aliphatic rings. The number of rotatable bonds is 6. The van der Waals surface area contributed by atoms with Gasteiger partial charge in [0.1, 0.15) is 5.82 Å². The molecule has 23 heavy (non-hydrogen) atoms. The highest BCUT2D eigenvalue weighted by Gasteiger charge is 2.24. The molecule has 122 valence electrons. The monoisotopic (exact) mass is 314 g/mol. The number of nitrogens with one attached hydrogen (secondary N) is 1. The van der Waals surface area contributed by atoms with E-state index in [1.807, 2.05) is 6.92 Å². The Labute approximate surface area is 135 Å². The molecule has 0 amide bonds. The van der Waals surface area contributed by atoms with Crippen LogP contribution < -0.4 is 0 Å². The van der Waals surface area contributed by atoms with E-state index in [0.29, 0.717) is 24.5 Å². The Morgan fingerprint density at radius 1 is 1.43 bits per heavy atom. The van der Waals surface area contributed by atoms with Crippen molar-refractivity contribution in [2.45, 2.75) is 38.5 Å². The van der Waals surface area contributed by atoms with E-state index in [1.165, 1.54) is 12.0 Å². The van der Waals surface area contributed by atoms with E-state index in [-0.39, 0.29) is 0 Å². The van der Waals surface area contributed by atoms with Crippen molar-refractivity contribution in [2.75, 3.05) is 13.7 Å². The molecule has 2 aromatic rings. The quantitative estimate of drug-likeness (QED) is 0.855. The van der Waals surface area contributed by atoms with Gasteiger partial charge in [-0.25, -0.2) is 9.78 Å². The molecule has 0 spiro atoms. The summed E-state index contributed by atoms with van der Waals surface area (Å²) < 4.78 is 5.06. The molecular weight excluding hydrogens is 292 g/mol. The van der Waals surface area contributed by atoms with Crippen LogP contribution in [-0.4, -0.2) is 34.8 Å². The summed E-state index contributed by atoms with van der Waals surface area (Å²) in [6, 6.07) is 3.87. The fourth-order valence-corrected chi connectivity index (χ4v) is 3.09. The summed E-state index contributed by atoms with van der Waals surface area (Å²) in [5, 5.41) is 9.51. The summed E-state index contributed by atoms with van der Waals surface area (Å²) in [7, 11) is 1.66. The van der Waals surface area contributed by atoms with Gasteiger partial charge < -0.3 is 14.8 Å². The van der Waals surface area contributed by atoms with Crippen LogP contribution in [0.5, 0.6) is 0 Å². The Hall–Kier alpha value is -2.14. The first-order valence-corrected chi connectivity index (χ1v) is 8.01. The maximum atomic E-state index is 11.6. The fraction of sp³-hybridized carbons (Fsp3) is 0.444. The zero-order valence-electron chi connectivity index (χ0n) is 13.6. The molecule has 1 aliphatic carbocycles. The number of aromatic nitrogens is 2. The lowest BCUT2D eigenvalue weighted by molar-refractivity contribution is 0.0696. The second-order valence-electron chi connectivity index (χ2n) is 6.16. The summed E-state index contributed by atoms with van der Waals surface area (Å²) >= 11 is 0. The summed E-state index contributed by atoms with van der Waals surface area (Å²) in [6.45, 7) is 2.52. The fourth-order valence-electron chi connectivity index (χ4n) is 3.09. The predicted octanol–water partition coefficient (Wildman–Crippen LogP) is 3.54. The zero-order chi connectivity index (χ0) is 16.4. The minimum absolute atomic E-state index is 0.387. The number of hydrogen-bond acceptors (Lipinski definition) is 3. The first-order chi connectivity index (χ1) is 11.1. The van der Waals surface area contributed by atoms with Crippen LogP contribution in [0.4, 0.5) is 0 Å². The number of carbonyl (C=O) groups is 1. The molecule has 0 radical (unpaired) electrons. The largest absolute Gasteiger partial charge is 0.478 e. The number of carboxylic acid groups (broad SMARTS) is 1. The zero-order valence-corrected chi connectivity index (χ0v) is 13.6. The van der Waals surface area contributed by atoms with Crippen molar-refractivity contribution < 1.29 is 14.6 Å². The van der Waals surface area contributed by atoms with Gasteiger partial charge in [-0.15, -0.1) is 0 Å². The Bertz CT molecular complexity index is 717. The van der Waals surface area contributed by atoms with Gasteiger partial charge in [0.15, 0.2) is 0 Å². The highest BCUT2D eigenvalue weighted by molar-refractivity contribution is 5.91. The molecule has 0 saturated heterocycles. The normalized spacial score (nSPS) is 14.7. The molecule has 0 atom stereocenters. The first kappa shape index (κ1) is 15.7. The maximum Gasteiger partial charge on any atom is 0.335 e.